The fourth-order valence-electron chi connectivity index (χ4n) is 3.91. The van der Waals surface area contributed by atoms with Gasteiger partial charge in [-0.15, -0.1) is 11.8 Å². The van der Waals surface area contributed by atoms with Gasteiger partial charge >= 0.3 is 0 Å². The number of methoxy groups -OCH3 is 1. The summed E-state index contributed by atoms with van der Waals surface area (Å²) in [5.41, 5.74) is 3.09. The van der Waals surface area contributed by atoms with E-state index in [4.69, 9.17) is 4.74 Å². The van der Waals surface area contributed by atoms with Crippen LogP contribution in [0.2, 0.25) is 0 Å². The second-order valence-corrected chi connectivity index (χ2v) is 8.50. The molecule has 2 heterocycles. The Hall–Kier alpha value is -3.00. The van der Waals surface area contributed by atoms with E-state index in [0.717, 1.165) is 17.7 Å². The van der Waals surface area contributed by atoms with Crippen LogP contribution >= 0.6 is 11.8 Å². The number of nitrogens with zero attached hydrogens (tertiary/aromatic N) is 2. The number of hydrogen-bond acceptors (Lipinski definition) is 5. The van der Waals surface area contributed by atoms with Crippen molar-refractivity contribution in [2.75, 3.05) is 35.5 Å². The van der Waals surface area contributed by atoms with Crippen LogP contribution in [0, 0.1) is 0 Å². The van der Waals surface area contributed by atoms with E-state index in [1.165, 1.54) is 0 Å². The molecule has 1 N–H and O–H groups in total. The Morgan fingerprint density at radius 2 is 1.94 bits per heavy atom. The number of amides is 3. The van der Waals surface area contributed by atoms with E-state index in [0.29, 0.717) is 41.6 Å². The Balaban J connectivity index is 1.47. The van der Waals surface area contributed by atoms with Gasteiger partial charge in [0, 0.05) is 35.7 Å². The molecule has 0 aromatic heterocycles. The number of anilines is 2. The highest BCUT2D eigenvalue weighted by atomic mass is 32.2. The van der Waals surface area contributed by atoms with Crippen LogP contribution in [0.15, 0.2) is 42.5 Å². The molecule has 2 aliphatic heterocycles. The molecule has 0 bridgehead atoms. The van der Waals surface area contributed by atoms with Crippen LogP contribution in [0.25, 0.3) is 0 Å². The zero-order chi connectivity index (χ0) is 22.0. The van der Waals surface area contributed by atoms with E-state index in [1.54, 1.807) is 59.0 Å². The molecule has 1 fully saturated rings. The van der Waals surface area contributed by atoms with Gasteiger partial charge in [-0.05, 0) is 54.4 Å². The molecule has 4 rings (SSSR count). The first-order chi connectivity index (χ1) is 15.0. The first kappa shape index (κ1) is 21.2. The van der Waals surface area contributed by atoms with Crippen LogP contribution in [0.3, 0.4) is 0 Å². The molecule has 31 heavy (non-hydrogen) atoms. The summed E-state index contributed by atoms with van der Waals surface area (Å²) < 4.78 is 5.14. The molecule has 0 spiro atoms. The summed E-state index contributed by atoms with van der Waals surface area (Å²) in [6.45, 7) is 2.49. The van der Waals surface area contributed by atoms with Crippen LogP contribution in [0.1, 0.15) is 29.3 Å². The SMILES string of the molecule is CCC(=O)N1CCc2cc(C(=O)N3CSCC3C(=O)Nc3ccc(OC)cc3)ccc21. The van der Waals surface area contributed by atoms with E-state index in [9.17, 15) is 14.4 Å². The Labute approximate surface area is 185 Å². The summed E-state index contributed by atoms with van der Waals surface area (Å²) in [5.74, 6) is 1.45. The Morgan fingerprint density at radius 1 is 1.16 bits per heavy atom. The van der Waals surface area contributed by atoms with Gasteiger partial charge in [0.1, 0.15) is 11.8 Å². The normalized spacial score (nSPS) is 17.4. The summed E-state index contributed by atoms with van der Waals surface area (Å²) in [6, 6.07) is 12.0. The number of carbonyl (C=O) groups excluding carboxylic acids is 3. The lowest BCUT2D eigenvalue weighted by Gasteiger charge is -2.23. The van der Waals surface area contributed by atoms with E-state index in [2.05, 4.69) is 5.32 Å². The number of fused-ring (bicyclic) bond motifs is 1. The predicted octanol–water partition coefficient (Wildman–Crippen LogP) is 3.15. The molecular formula is C23H25N3O4S. The molecule has 0 radical (unpaired) electrons. The van der Waals surface area contributed by atoms with Crippen molar-refractivity contribution in [1.82, 2.24) is 4.90 Å². The highest BCUT2D eigenvalue weighted by Crippen LogP contribution is 2.31. The van der Waals surface area contributed by atoms with Gasteiger partial charge in [-0.3, -0.25) is 14.4 Å². The van der Waals surface area contributed by atoms with Crippen molar-refractivity contribution in [2.45, 2.75) is 25.8 Å². The largest absolute Gasteiger partial charge is 0.497 e. The lowest BCUT2D eigenvalue weighted by molar-refractivity contribution is -0.119. The van der Waals surface area contributed by atoms with Crippen LogP contribution < -0.4 is 15.0 Å². The number of rotatable bonds is 5. The van der Waals surface area contributed by atoms with E-state index in [1.807, 2.05) is 19.1 Å². The van der Waals surface area contributed by atoms with Gasteiger partial charge in [0.25, 0.3) is 5.91 Å². The van der Waals surface area contributed by atoms with Gasteiger partial charge in [0.05, 0.1) is 13.0 Å². The summed E-state index contributed by atoms with van der Waals surface area (Å²) in [5, 5.41) is 2.89. The fourth-order valence-corrected chi connectivity index (χ4v) is 5.06. The van der Waals surface area contributed by atoms with Crippen molar-refractivity contribution in [3.63, 3.8) is 0 Å². The summed E-state index contributed by atoms with van der Waals surface area (Å²) >= 11 is 1.56. The molecule has 2 aromatic carbocycles. The molecule has 162 valence electrons. The summed E-state index contributed by atoms with van der Waals surface area (Å²) in [4.78, 5) is 41.6. The van der Waals surface area contributed by atoms with Crippen LogP contribution in [-0.2, 0) is 16.0 Å². The quantitative estimate of drug-likeness (QED) is 0.774. The maximum absolute atomic E-state index is 13.2. The molecule has 2 aliphatic rings. The highest BCUT2D eigenvalue weighted by molar-refractivity contribution is 7.99. The number of carbonyl (C=O) groups is 3. The van der Waals surface area contributed by atoms with E-state index in [-0.39, 0.29) is 17.7 Å². The van der Waals surface area contributed by atoms with Gasteiger partial charge in [0.2, 0.25) is 11.8 Å². The number of ether oxygens (including phenoxy) is 1. The molecular weight excluding hydrogens is 414 g/mol. The third kappa shape index (κ3) is 4.25. The highest BCUT2D eigenvalue weighted by Gasteiger charge is 2.36. The smallest absolute Gasteiger partial charge is 0.255 e. The van der Waals surface area contributed by atoms with Crippen LogP contribution in [-0.4, -0.2) is 53.9 Å². The predicted molar refractivity (Wildman–Crippen MR) is 122 cm³/mol. The third-order valence-electron chi connectivity index (χ3n) is 5.63. The maximum Gasteiger partial charge on any atom is 0.255 e. The monoisotopic (exact) mass is 439 g/mol. The molecule has 1 saturated heterocycles. The first-order valence-electron chi connectivity index (χ1n) is 10.3. The zero-order valence-electron chi connectivity index (χ0n) is 17.6. The summed E-state index contributed by atoms with van der Waals surface area (Å²) in [7, 11) is 1.59. The number of hydrogen-bond donors (Lipinski definition) is 1. The first-order valence-corrected chi connectivity index (χ1v) is 11.4. The number of nitrogens with one attached hydrogen (secondary N) is 1. The molecule has 2 aromatic rings. The molecule has 3 amide bonds. The van der Waals surface area contributed by atoms with Crippen molar-refractivity contribution in [3.8, 4) is 5.75 Å². The van der Waals surface area contributed by atoms with E-state index >= 15 is 0 Å². The van der Waals surface area contributed by atoms with Crippen molar-refractivity contribution < 1.29 is 19.1 Å². The van der Waals surface area contributed by atoms with Crippen LogP contribution in [0.4, 0.5) is 11.4 Å². The minimum atomic E-state index is -0.536. The average Bonchev–Trinajstić information content (AvgIpc) is 3.45. The van der Waals surface area contributed by atoms with Crippen molar-refractivity contribution in [1.29, 1.82) is 0 Å². The Kier molecular flexibility index (Phi) is 6.18. The average molecular weight is 440 g/mol. The topological polar surface area (TPSA) is 79.0 Å². The van der Waals surface area contributed by atoms with Crippen LogP contribution in [0.5, 0.6) is 5.75 Å². The molecule has 0 saturated carbocycles. The van der Waals surface area contributed by atoms with Gasteiger partial charge in [-0.2, -0.15) is 0 Å². The minimum absolute atomic E-state index is 0.0871. The maximum atomic E-state index is 13.2. The van der Waals surface area contributed by atoms with Crippen molar-refractivity contribution in [2.24, 2.45) is 0 Å². The molecule has 7 nitrogen and oxygen atoms in total. The number of benzene rings is 2. The molecule has 1 atom stereocenters. The second kappa shape index (κ2) is 9.01. The van der Waals surface area contributed by atoms with Gasteiger partial charge < -0.3 is 19.9 Å². The molecule has 1 unspecified atom stereocenters. The van der Waals surface area contributed by atoms with Gasteiger partial charge in [0.15, 0.2) is 0 Å². The Bertz CT molecular complexity index is 1010. The zero-order valence-corrected chi connectivity index (χ0v) is 18.4. The number of thioether (sulfide) groups is 1. The van der Waals surface area contributed by atoms with E-state index < -0.39 is 6.04 Å². The Morgan fingerprint density at radius 3 is 2.65 bits per heavy atom. The lowest BCUT2D eigenvalue weighted by atomic mass is 10.1. The standard InChI is InChI=1S/C23H25N3O4S/c1-3-21(27)25-11-10-15-12-16(4-9-19(15)25)23(29)26-14-31-13-20(26)22(28)24-17-5-7-18(30-2)8-6-17/h4-9,12,20H,3,10-11,13-14H2,1-2H3,(H,24,28). The van der Waals surface area contributed by atoms with Crippen molar-refractivity contribution in [3.05, 3.63) is 53.6 Å². The lowest BCUT2D eigenvalue weighted by Crippen LogP contribution is -2.44. The van der Waals surface area contributed by atoms with Crippen molar-refractivity contribution >= 4 is 40.9 Å². The van der Waals surface area contributed by atoms with Gasteiger partial charge in [-0.25, -0.2) is 0 Å². The third-order valence-corrected chi connectivity index (χ3v) is 6.64. The molecule has 8 heteroatoms. The minimum Gasteiger partial charge on any atom is -0.497 e. The summed E-state index contributed by atoms with van der Waals surface area (Å²) in [6.07, 6.45) is 1.19. The second-order valence-electron chi connectivity index (χ2n) is 7.50. The van der Waals surface area contributed by atoms with Gasteiger partial charge in [-0.1, -0.05) is 6.92 Å². The fraction of sp³-hybridized carbons (Fsp3) is 0.348. The molecule has 0 aliphatic carbocycles.